The molecule has 2 heterocycles. The number of hydrogen-bond acceptors (Lipinski definition) is 6. The molecule has 32 heavy (non-hydrogen) atoms. The number of amidine groups is 1. The van der Waals surface area contributed by atoms with Crippen molar-refractivity contribution < 1.29 is 27.5 Å². The fourth-order valence-electron chi connectivity index (χ4n) is 4.09. The highest BCUT2D eigenvalue weighted by Gasteiger charge is 2.37. The molecule has 0 saturated heterocycles. The summed E-state index contributed by atoms with van der Waals surface area (Å²) in [7, 11) is 3.10. The third-order valence-electron chi connectivity index (χ3n) is 5.92. The molecule has 1 fully saturated rings. The smallest absolute Gasteiger partial charge is 0.410 e. The molecular weight excluding hydrogens is 429 g/mol. The molecule has 9 nitrogen and oxygen atoms in total. The summed E-state index contributed by atoms with van der Waals surface area (Å²) in [6.45, 7) is 1.34. The molecule has 4 atom stereocenters. The van der Waals surface area contributed by atoms with Crippen LogP contribution in [-0.2, 0) is 23.0 Å². The number of amides is 2. The number of hydrogen-bond donors (Lipinski definition) is 2. The number of hydrazone groups is 1. The summed E-state index contributed by atoms with van der Waals surface area (Å²) in [5.74, 6) is 0.570. The van der Waals surface area contributed by atoms with E-state index in [9.17, 15) is 22.8 Å². The maximum atomic E-state index is 12.6. The van der Waals surface area contributed by atoms with Crippen molar-refractivity contribution in [2.24, 2.45) is 18.1 Å². The monoisotopic (exact) mass is 458 g/mol. The molecule has 1 aromatic heterocycles. The minimum Gasteiger partial charge on any atom is -0.446 e. The molecule has 2 unspecified atom stereocenters. The second-order valence-corrected chi connectivity index (χ2v) is 8.60. The first-order valence-electron chi connectivity index (χ1n) is 10.6. The van der Waals surface area contributed by atoms with Gasteiger partial charge in [0.25, 0.3) is 0 Å². The van der Waals surface area contributed by atoms with Gasteiger partial charge in [-0.15, -0.1) is 0 Å². The van der Waals surface area contributed by atoms with E-state index in [-0.39, 0.29) is 30.4 Å². The third kappa shape index (κ3) is 6.60. The van der Waals surface area contributed by atoms with E-state index in [1.807, 2.05) is 0 Å². The number of alkyl halides is 3. The molecule has 0 spiro atoms. The number of aromatic nitrogens is 2. The first-order valence-corrected chi connectivity index (χ1v) is 10.6. The Morgan fingerprint density at radius 2 is 2.16 bits per heavy atom. The van der Waals surface area contributed by atoms with Gasteiger partial charge < -0.3 is 20.4 Å². The molecule has 1 saturated carbocycles. The molecule has 1 aromatic rings. The molecule has 3 rings (SSSR count). The molecule has 2 N–H and O–H groups in total. The average molecular weight is 458 g/mol. The zero-order valence-electron chi connectivity index (χ0n) is 18.4. The van der Waals surface area contributed by atoms with Crippen LogP contribution in [0.5, 0.6) is 0 Å². The zero-order chi connectivity index (χ0) is 23.5. The third-order valence-corrected chi connectivity index (χ3v) is 5.92. The van der Waals surface area contributed by atoms with Gasteiger partial charge in [-0.2, -0.15) is 23.4 Å². The van der Waals surface area contributed by atoms with Crippen LogP contribution in [0.4, 0.5) is 18.0 Å². The summed E-state index contributed by atoms with van der Waals surface area (Å²) in [6.07, 6.45) is -0.316. The first-order chi connectivity index (χ1) is 15.0. The number of ether oxygens (including phenoxy) is 1. The number of halogens is 3. The van der Waals surface area contributed by atoms with Crippen molar-refractivity contribution in [2.45, 2.75) is 69.8 Å². The molecule has 12 heteroatoms. The van der Waals surface area contributed by atoms with E-state index in [0.29, 0.717) is 25.1 Å². The highest BCUT2D eigenvalue weighted by molar-refractivity contribution is 5.99. The van der Waals surface area contributed by atoms with Gasteiger partial charge in [-0.1, -0.05) is 0 Å². The van der Waals surface area contributed by atoms with Crippen LogP contribution in [0.2, 0.25) is 0 Å². The summed E-state index contributed by atoms with van der Waals surface area (Å²) < 4.78 is 44.7. The second kappa shape index (κ2) is 9.78. The fraction of sp³-hybridized carbons (Fsp3) is 0.700. The number of nitrogens with zero attached hydrogens (tertiary/aromatic N) is 4. The summed E-state index contributed by atoms with van der Waals surface area (Å²) in [5.41, 5.74) is 3.85. The van der Waals surface area contributed by atoms with Crippen LogP contribution in [0.25, 0.3) is 0 Å². The molecule has 2 aliphatic rings. The van der Waals surface area contributed by atoms with E-state index >= 15 is 0 Å². The van der Waals surface area contributed by atoms with E-state index in [1.165, 1.54) is 14.0 Å². The normalized spacial score (nSPS) is 23.9. The summed E-state index contributed by atoms with van der Waals surface area (Å²) in [6, 6.07) is -0.989. The van der Waals surface area contributed by atoms with E-state index < -0.39 is 24.7 Å². The van der Waals surface area contributed by atoms with Crippen molar-refractivity contribution in [2.75, 3.05) is 7.05 Å². The van der Waals surface area contributed by atoms with Crippen molar-refractivity contribution in [3.05, 3.63) is 18.0 Å². The van der Waals surface area contributed by atoms with Gasteiger partial charge in [-0.05, 0) is 37.7 Å². The Balaban J connectivity index is 1.40. The highest BCUT2D eigenvalue weighted by atomic mass is 19.4. The Bertz CT molecular complexity index is 856. The SMILES string of the molecule is CC(CC(F)(F)F)N(C)C(=O)O[C@@H]1CC[C@H](C2CC(NC(=O)Cc3cnn(C)c3)=NN2)C1. The van der Waals surface area contributed by atoms with Crippen LogP contribution in [-0.4, -0.2) is 63.9 Å². The standard InChI is InChI=1S/C20H29F3N6O3/c1-12(9-20(21,22)23)29(3)19(31)32-15-5-4-14(7-15)16-8-17(27-26-16)25-18(30)6-13-10-24-28(2)11-13/h10-12,14-16,26H,4-9H2,1-3H3,(H,25,27,30)/t12?,14-,15+,16?/m0/s1. The summed E-state index contributed by atoms with van der Waals surface area (Å²) >= 11 is 0. The van der Waals surface area contributed by atoms with Gasteiger partial charge >= 0.3 is 12.3 Å². The number of carbonyl (C=O) groups is 2. The van der Waals surface area contributed by atoms with E-state index in [4.69, 9.17) is 4.74 Å². The van der Waals surface area contributed by atoms with Crippen molar-refractivity contribution in [1.29, 1.82) is 0 Å². The predicted octanol–water partition coefficient (Wildman–Crippen LogP) is 2.33. The van der Waals surface area contributed by atoms with Gasteiger partial charge in [0.05, 0.1) is 25.1 Å². The molecule has 1 aliphatic heterocycles. The van der Waals surface area contributed by atoms with Gasteiger partial charge in [0.15, 0.2) is 0 Å². The zero-order valence-corrected chi connectivity index (χ0v) is 18.4. The van der Waals surface area contributed by atoms with Crippen LogP contribution < -0.4 is 10.7 Å². The summed E-state index contributed by atoms with van der Waals surface area (Å²) in [4.78, 5) is 25.4. The van der Waals surface area contributed by atoms with Crippen molar-refractivity contribution in [3.8, 4) is 0 Å². The Kier molecular flexibility index (Phi) is 7.29. The maximum Gasteiger partial charge on any atom is 0.410 e. The van der Waals surface area contributed by atoms with Gasteiger partial charge in [0, 0.05) is 32.8 Å². The lowest BCUT2D eigenvalue weighted by molar-refractivity contribution is -0.144. The van der Waals surface area contributed by atoms with Gasteiger partial charge in [0.1, 0.15) is 11.9 Å². The lowest BCUT2D eigenvalue weighted by atomic mass is 9.96. The molecule has 0 bridgehead atoms. The van der Waals surface area contributed by atoms with Gasteiger partial charge in [-0.25, -0.2) is 4.79 Å². The second-order valence-electron chi connectivity index (χ2n) is 8.60. The molecule has 0 radical (unpaired) electrons. The average Bonchev–Trinajstić information content (AvgIpc) is 3.41. The molecule has 0 aromatic carbocycles. The van der Waals surface area contributed by atoms with Crippen molar-refractivity contribution >= 4 is 17.8 Å². The molecule has 178 valence electrons. The van der Waals surface area contributed by atoms with Crippen molar-refractivity contribution in [3.63, 3.8) is 0 Å². The Morgan fingerprint density at radius 1 is 1.41 bits per heavy atom. The molecular formula is C20H29F3N6O3. The lowest BCUT2D eigenvalue weighted by Crippen LogP contribution is -2.39. The van der Waals surface area contributed by atoms with E-state index in [0.717, 1.165) is 16.9 Å². The van der Waals surface area contributed by atoms with Crippen LogP contribution in [0.15, 0.2) is 17.5 Å². The van der Waals surface area contributed by atoms with Gasteiger partial charge in [-0.3, -0.25) is 9.48 Å². The topological polar surface area (TPSA) is 101 Å². The van der Waals surface area contributed by atoms with Crippen LogP contribution in [0, 0.1) is 5.92 Å². The predicted molar refractivity (Wildman–Crippen MR) is 110 cm³/mol. The Hall–Kier alpha value is -2.79. The van der Waals surface area contributed by atoms with Crippen LogP contribution >= 0.6 is 0 Å². The minimum absolute atomic E-state index is 0.00859. The minimum atomic E-state index is -4.34. The van der Waals surface area contributed by atoms with Crippen LogP contribution in [0.1, 0.15) is 44.6 Å². The van der Waals surface area contributed by atoms with Crippen LogP contribution in [0.3, 0.4) is 0 Å². The highest BCUT2D eigenvalue weighted by Crippen LogP contribution is 2.33. The fourth-order valence-corrected chi connectivity index (χ4v) is 4.09. The number of nitrogens with one attached hydrogen (secondary N) is 2. The summed E-state index contributed by atoms with van der Waals surface area (Å²) in [5, 5.41) is 11.1. The Labute approximate surface area is 184 Å². The first kappa shape index (κ1) is 23.9. The maximum absolute atomic E-state index is 12.6. The molecule has 2 amide bonds. The number of carbonyl (C=O) groups excluding carboxylic acids is 2. The number of rotatable bonds is 6. The molecule has 1 aliphatic carbocycles. The van der Waals surface area contributed by atoms with Gasteiger partial charge in [0.2, 0.25) is 5.91 Å². The Morgan fingerprint density at radius 3 is 2.81 bits per heavy atom. The number of aryl methyl sites for hydroxylation is 1. The van der Waals surface area contributed by atoms with E-state index in [1.54, 1.807) is 24.1 Å². The quantitative estimate of drug-likeness (QED) is 0.682. The lowest BCUT2D eigenvalue weighted by Gasteiger charge is -2.26. The largest absolute Gasteiger partial charge is 0.446 e. The van der Waals surface area contributed by atoms with Crippen molar-refractivity contribution in [1.82, 2.24) is 25.4 Å². The van der Waals surface area contributed by atoms with E-state index in [2.05, 4.69) is 20.9 Å².